The molecule has 1 aliphatic rings. The molecule has 0 unspecified atom stereocenters. The number of ether oxygens (including phenoxy) is 2. The summed E-state index contributed by atoms with van der Waals surface area (Å²) in [6.45, 7) is 7.31. The minimum Gasteiger partial charge on any atom is -0.484 e. The maximum Gasteiger partial charge on any atom is 0.262 e. The summed E-state index contributed by atoms with van der Waals surface area (Å²) < 4.78 is 10.8. The van der Waals surface area contributed by atoms with Gasteiger partial charge in [-0.05, 0) is 31.2 Å². The van der Waals surface area contributed by atoms with Crippen molar-refractivity contribution >= 4 is 17.4 Å². The van der Waals surface area contributed by atoms with Crippen LogP contribution in [0, 0.1) is 6.92 Å². The Kier molecular flexibility index (Phi) is 7.01. The van der Waals surface area contributed by atoms with Crippen LogP contribution in [0.25, 0.3) is 0 Å². The number of nitrogens with zero attached hydrogens (tertiary/aromatic N) is 2. The Morgan fingerprint density at radius 3 is 2.67 bits per heavy atom. The molecular weight excluding hydrogens is 344 g/mol. The Bertz CT molecular complexity index is 713. The van der Waals surface area contributed by atoms with Crippen molar-refractivity contribution in [2.45, 2.75) is 6.92 Å². The standard InChI is InChI=1S/C20H26N4O3/c1-16-2-5-18(6-3-16)27-15-20(25)23-17-4-7-19(22-14-17)21-8-9-24-10-12-26-13-11-24/h2-7,14H,8-13,15H2,1H3,(H,21,22)(H,23,25). The first-order valence-electron chi connectivity index (χ1n) is 9.18. The number of hydrogen-bond acceptors (Lipinski definition) is 6. The van der Waals surface area contributed by atoms with Crippen molar-refractivity contribution in [2.24, 2.45) is 0 Å². The van der Waals surface area contributed by atoms with Gasteiger partial charge in [0.1, 0.15) is 11.6 Å². The number of aryl methyl sites for hydroxylation is 1. The van der Waals surface area contributed by atoms with E-state index < -0.39 is 0 Å². The van der Waals surface area contributed by atoms with Gasteiger partial charge in [0.05, 0.1) is 25.1 Å². The second-order valence-corrected chi connectivity index (χ2v) is 6.46. The molecule has 0 spiro atoms. The summed E-state index contributed by atoms with van der Waals surface area (Å²) >= 11 is 0. The van der Waals surface area contributed by atoms with E-state index in [0.29, 0.717) is 11.4 Å². The quantitative estimate of drug-likeness (QED) is 0.742. The van der Waals surface area contributed by atoms with Crippen LogP contribution in [0.4, 0.5) is 11.5 Å². The number of aromatic nitrogens is 1. The van der Waals surface area contributed by atoms with Crippen LogP contribution in [0.1, 0.15) is 5.56 Å². The molecule has 1 aromatic heterocycles. The van der Waals surface area contributed by atoms with E-state index in [1.54, 1.807) is 6.20 Å². The number of rotatable bonds is 8. The number of morpholine rings is 1. The molecule has 1 aliphatic heterocycles. The van der Waals surface area contributed by atoms with Crippen LogP contribution in [0.5, 0.6) is 5.75 Å². The molecule has 144 valence electrons. The molecule has 2 heterocycles. The van der Waals surface area contributed by atoms with Crippen molar-refractivity contribution in [3.8, 4) is 5.75 Å². The van der Waals surface area contributed by atoms with Crippen LogP contribution in [0.15, 0.2) is 42.6 Å². The van der Waals surface area contributed by atoms with Gasteiger partial charge in [-0.1, -0.05) is 17.7 Å². The van der Waals surface area contributed by atoms with Crippen LogP contribution in [0.2, 0.25) is 0 Å². The summed E-state index contributed by atoms with van der Waals surface area (Å²) in [5, 5.41) is 6.07. The van der Waals surface area contributed by atoms with Gasteiger partial charge in [0, 0.05) is 26.2 Å². The Morgan fingerprint density at radius 2 is 1.96 bits per heavy atom. The van der Waals surface area contributed by atoms with Gasteiger partial charge in [0.2, 0.25) is 0 Å². The molecule has 0 saturated carbocycles. The van der Waals surface area contributed by atoms with Crippen molar-refractivity contribution < 1.29 is 14.3 Å². The number of benzene rings is 1. The molecule has 7 heteroatoms. The van der Waals surface area contributed by atoms with Crippen LogP contribution in [-0.2, 0) is 9.53 Å². The molecule has 1 amide bonds. The zero-order chi connectivity index (χ0) is 18.9. The summed E-state index contributed by atoms with van der Waals surface area (Å²) in [6, 6.07) is 11.3. The lowest BCUT2D eigenvalue weighted by molar-refractivity contribution is -0.118. The van der Waals surface area contributed by atoms with E-state index in [-0.39, 0.29) is 12.5 Å². The normalized spacial score (nSPS) is 14.6. The number of nitrogens with one attached hydrogen (secondary N) is 2. The fourth-order valence-corrected chi connectivity index (χ4v) is 2.72. The van der Waals surface area contributed by atoms with E-state index in [1.165, 1.54) is 0 Å². The number of amides is 1. The highest BCUT2D eigenvalue weighted by molar-refractivity contribution is 5.91. The largest absolute Gasteiger partial charge is 0.484 e. The predicted molar refractivity (Wildman–Crippen MR) is 105 cm³/mol. The maximum absolute atomic E-state index is 12.0. The molecule has 27 heavy (non-hydrogen) atoms. The van der Waals surface area contributed by atoms with Gasteiger partial charge < -0.3 is 20.1 Å². The first-order valence-corrected chi connectivity index (χ1v) is 9.18. The van der Waals surface area contributed by atoms with Gasteiger partial charge in [-0.15, -0.1) is 0 Å². The zero-order valence-electron chi connectivity index (χ0n) is 15.6. The van der Waals surface area contributed by atoms with E-state index in [4.69, 9.17) is 9.47 Å². The minimum absolute atomic E-state index is 0.0391. The van der Waals surface area contributed by atoms with Crippen LogP contribution >= 0.6 is 0 Å². The number of carbonyl (C=O) groups excluding carboxylic acids is 1. The first-order chi connectivity index (χ1) is 13.2. The van der Waals surface area contributed by atoms with Gasteiger partial charge in [0.15, 0.2) is 6.61 Å². The fourth-order valence-electron chi connectivity index (χ4n) is 2.72. The van der Waals surface area contributed by atoms with Gasteiger partial charge in [-0.3, -0.25) is 9.69 Å². The molecule has 0 aliphatic carbocycles. The van der Waals surface area contributed by atoms with Crippen molar-refractivity contribution in [1.29, 1.82) is 0 Å². The summed E-state index contributed by atoms with van der Waals surface area (Å²) in [5.41, 5.74) is 1.79. The third kappa shape index (κ3) is 6.54. The smallest absolute Gasteiger partial charge is 0.262 e. The number of carbonyl (C=O) groups is 1. The molecule has 3 rings (SSSR count). The lowest BCUT2D eigenvalue weighted by atomic mass is 10.2. The molecule has 0 atom stereocenters. The van der Waals surface area contributed by atoms with Crippen molar-refractivity contribution in [1.82, 2.24) is 9.88 Å². The fraction of sp³-hybridized carbons (Fsp3) is 0.400. The Balaban J connectivity index is 1.37. The van der Waals surface area contributed by atoms with E-state index in [2.05, 4.69) is 20.5 Å². The maximum atomic E-state index is 12.0. The van der Waals surface area contributed by atoms with Gasteiger partial charge >= 0.3 is 0 Å². The van der Waals surface area contributed by atoms with E-state index >= 15 is 0 Å². The SMILES string of the molecule is Cc1ccc(OCC(=O)Nc2ccc(NCCN3CCOCC3)nc2)cc1. The molecule has 2 aromatic rings. The zero-order valence-corrected chi connectivity index (χ0v) is 15.6. The highest BCUT2D eigenvalue weighted by Gasteiger charge is 2.09. The van der Waals surface area contributed by atoms with Gasteiger partial charge in [0.25, 0.3) is 5.91 Å². The van der Waals surface area contributed by atoms with Crippen molar-refractivity contribution in [2.75, 3.05) is 56.6 Å². The first kappa shape index (κ1) is 19.1. The van der Waals surface area contributed by atoms with Crippen molar-refractivity contribution in [3.63, 3.8) is 0 Å². The molecule has 0 radical (unpaired) electrons. The molecule has 1 aromatic carbocycles. The number of anilines is 2. The van der Waals surface area contributed by atoms with Crippen molar-refractivity contribution in [3.05, 3.63) is 48.2 Å². The molecule has 0 bridgehead atoms. The highest BCUT2D eigenvalue weighted by Crippen LogP contribution is 2.12. The summed E-state index contributed by atoms with van der Waals surface area (Å²) in [4.78, 5) is 18.7. The highest BCUT2D eigenvalue weighted by atomic mass is 16.5. The van der Waals surface area contributed by atoms with Crippen LogP contribution in [-0.4, -0.2) is 61.8 Å². The third-order valence-electron chi connectivity index (χ3n) is 4.28. The van der Waals surface area contributed by atoms with Crippen LogP contribution in [0.3, 0.4) is 0 Å². The second-order valence-electron chi connectivity index (χ2n) is 6.46. The Labute approximate surface area is 159 Å². The molecular formula is C20H26N4O3. The van der Waals surface area contributed by atoms with Gasteiger partial charge in [-0.2, -0.15) is 0 Å². The monoisotopic (exact) mass is 370 g/mol. The average molecular weight is 370 g/mol. The Morgan fingerprint density at radius 1 is 1.19 bits per heavy atom. The minimum atomic E-state index is -0.217. The van der Waals surface area contributed by atoms with E-state index in [0.717, 1.165) is 50.8 Å². The molecule has 2 N–H and O–H groups in total. The molecule has 1 fully saturated rings. The summed E-state index contributed by atoms with van der Waals surface area (Å²) in [6.07, 6.45) is 1.64. The lowest BCUT2D eigenvalue weighted by Crippen LogP contribution is -2.39. The second kappa shape index (κ2) is 9.89. The van der Waals surface area contributed by atoms with E-state index in [9.17, 15) is 4.79 Å². The lowest BCUT2D eigenvalue weighted by Gasteiger charge is -2.26. The molecule has 7 nitrogen and oxygen atoms in total. The van der Waals surface area contributed by atoms with Crippen LogP contribution < -0.4 is 15.4 Å². The number of hydrogen-bond donors (Lipinski definition) is 2. The predicted octanol–water partition coefficient (Wildman–Crippen LogP) is 2.15. The average Bonchev–Trinajstić information content (AvgIpc) is 2.70. The summed E-state index contributed by atoms with van der Waals surface area (Å²) in [5.74, 6) is 1.25. The van der Waals surface area contributed by atoms with Gasteiger partial charge in [-0.25, -0.2) is 4.98 Å². The molecule has 1 saturated heterocycles. The number of pyridine rings is 1. The third-order valence-corrected chi connectivity index (χ3v) is 4.28. The summed E-state index contributed by atoms with van der Waals surface area (Å²) in [7, 11) is 0. The Hall–Kier alpha value is -2.64. The van der Waals surface area contributed by atoms with E-state index in [1.807, 2.05) is 43.3 Å². The topological polar surface area (TPSA) is 75.7 Å².